The lowest BCUT2D eigenvalue weighted by Gasteiger charge is -2.29. The normalized spacial score (nSPS) is 13.7. The van der Waals surface area contributed by atoms with Crippen molar-refractivity contribution in [1.29, 1.82) is 0 Å². The van der Waals surface area contributed by atoms with E-state index >= 15 is 0 Å². The lowest BCUT2D eigenvalue weighted by atomic mass is 10.0. The average molecular weight is 755 g/mol. The summed E-state index contributed by atoms with van der Waals surface area (Å²) >= 11 is 4.73. The van der Waals surface area contributed by atoms with Crippen molar-refractivity contribution >= 4 is 21.4 Å². The first-order valence-electron chi connectivity index (χ1n) is 23.4. The molecule has 2 unspecified atom stereocenters. The Labute approximate surface area is 329 Å². The van der Waals surface area contributed by atoms with Crippen LogP contribution in [0.25, 0.3) is 0 Å². The summed E-state index contributed by atoms with van der Waals surface area (Å²) in [5.41, 5.74) is 0. The summed E-state index contributed by atoms with van der Waals surface area (Å²) in [6.45, 7) is 10.6. The van der Waals surface area contributed by atoms with Crippen LogP contribution in [0.2, 0.25) is 6.04 Å². The molecule has 0 radical (unpaired) electrons. The molecule has 0 rings (SSSR count). The van der Waals surface area contributed by atoms with Crippen LogP contribution in [0, 0.1) is 0 Å². The topological polar surface area (TPSA) is 27.7 Å². The second kappa shape index (κ2) is 42.8. The molecular formula is C46H94O3SSi. The van der Waals surface area contributed by atoms with Gasteiger partial charge in [-0.2, -0.15) is 12.6 Å². The summed E-state index contributed by atoms with van der Waals surface area (Å²) in [6, 6.07) is 0.858. The van der Waals surface area contributed by atoms with E-state index in [1.165, 1.54) is 205 Å². The smallest absolute Gasteiger partial charge is 0.508 e. The zero-order valence-corrected chi connectivity index (χ0v) is 37.4. The highest BCUT2D eigenvalue weighted by atomic mass is 32.1. The summed E-state index contributed by atoms with van der Waals surface area (Å²) < 4.78 is 19.9. The van der Waals surface area contributed by atoms with Gasteiger partial charge in [0.25, 0.3) is 0 Å². The molecule has 0 aromatic carbocycles. The number of allylic oxidation sites excluding steroid dienone is 1. The van der Waals surface area contributed by atoms with Gasteiger partial charge in [0.2, 0.25) is 0 Å². The molecular weight excluding hydrogens is 661 g/mol. The first-order chi connectivity index (χ1) is 25.1. The van der Waals surface area contributed by atoms with E-state index in [1.807, 2.05) is 6.26 Å². The van der Waals surface area contributed by atoms with E-state index in [0.717, 1.165) is 44.9 Å². The molecule has 3 nitrogen and oxygen atoms in total. The largest absolute Gasteiger partial charge is 0.565 e. The van der Waals surface area contributed by atoms with E-state index in [4.69, 9.17) is 25.9 Å². The fraction of sp³-hybridized carbons (Fsp3) is 0.957. The molecule has 0 amide bonds. The summed E-state index contributed by atoms with van der Waals surface area (Å²) in [5.74, 6) is 0. The van der Waals surface area contributed by atoms with Crippen LogP contribution in [0.1, 0.15) is 259 Å². The maximum Gasteiger partial charge on any atom is 0.565 e. The number of thiol groups is 1. The fourth-order valence-corrected chi connectivity index (χ4v) is 10.0. The lowest BCUT2D eigenvalue weighted by Crippen LogP contribution is -2.45. The molecule has 0 fully saturated rings. The van der Waals surface area contributed by atoms with Crippen molar-refractivity contribution < 1.29 is 13.3 Å². The molecule has 0 heterocycles. The Hall–Kier alpha value is 0.0269. The van der Waals surface area contributed by atoms with Crippen molar-refractivity contribution in [3.8, 4) is 0 Å². The molecule has 5 heteroatoms. The summed E-state index contributed by atoms with van der Waals surface area (Å²) in [7, 11) is -2.79. The minimum atomic E-state index is -2.79. The summed E-state index contributed by atoms with van der Waals surface area (Å²) in [4.78, 5) is 0. The standard InChI is InChI=1S/C46H94O3SSi/c1-5-8-11-14-17-20-23-25-26-28-31-34-37-40-44-49-51(45-41-46(4)50,47-42-38-35-32-29-22-19-16-13-10-7-3)48-43-39-36-33-30-27-24-21-18-15-12-9-6-2/h38,42,46,50H,5-37,39-41,43-45H2,1-4H3. The van der Waals surface area contributed by atoms with E-state index in [0.29, 0.717) is 5.25 Å². The van der Waals surface area contributed by atoms with Crippen molar-refractivity contribution in [2.45, 2.75) is 270 Å². The van der Waals surface area contributed by atoms with Gasteiger partial charge in [0, 0.05) is 19.3 Å². The molecule has 0 N–H and O–H groups in total. The SMILES string of the molecule is CCCCCCCCCCC=CO[Si](CCC(C)S)(OCCCCCCCCCCCCCC)OCCCCCCCCCCCCCCCC. The maximum atomic E-state index is 6.70. The van der Waals surface area contributed by atoms with Crippen LogP contribution >= 0.6 is 12.6 Å². The van der Waals surface area contributed by atoms with Crippen LogP contribution in [0.5, 0.6) is 0 Å². The molecule has 51 heavy (non-hydrogen) atoms. The van der Waals surface area contributed by atoms with Crippen molar-refractivity contribution in [2.24, 2.45) is 0 Å². The number of hydrogen-bond acceptors (Lipinski definition) is 4. The van der Waals surface area contributed by atoms with Crippen LogP contribution in [0.3, 0.4) is 0 Å². The second-order valence-electron chi connectivity index (χ2n) is 16.0. The average Bonchev–Trinajstić information content (AvgIpc) is 3.13. The molecule has 2 atom stereocenters. The Morgan fingerprint density at radius 2 is 0.725 bits per heavy atom. The van der Waals surface area contributed by atoms with Crippen molar-refractivity contribution in [2.75, 3.05) is 13.2 Å². The zero-order chi connectivity index (χ0) is 37.2. The molecule has 0 aromatic rings. The monoisotopic (exact) mass is 755 g/mol. The molecule has 0 saturated heterocycles. The van der Waals surface area contributed by atoms with Gasteiger partial charge in [0.05, 0.1) is 6.26 Å². The third-order valence-electron chi connectivity index (χ3n) is 10.6. The number of rotatable bonds is 44. The minimum Gasteiger partial charge on any atom is -0.508 e. The quantitative estimate of drug-likeness (QED) is 0.0290. The van der Waals surface area contributed by atoms with Crippen LogP contribution in [-0.4, -0.2) is 27.3 Å². The maximum absolute atomic E-state index is 6.70. The second-order valence-corrected chi connectivity index (χ2v) is 19.6. The van der Waals surface area contributed by atoms with Crippen molar-refractivity contribution in [3.05, 3.63) is 12.3 Å². The van der Waals surface area contributed by atoms with Gasteiger partial charge in [-0.15, -0.1) is 0 Å². The van der Waals surface area contributed by atoms with E-state index in [2.05, 4.69) is 33.8 Å². The van der Waals surface area contributed by atoms with Gasteiger partial charge < -0.3 is 13.3 Å². The molecule has 0 aliphatic rings. The number of hydrogen-bond donors (Lipinski definition) is 1. The molecule has 0 aromatic heterocycles. The first-order valence-corrected chi connectivity index (χ1v) is 25.8. The Morgan fingerprint density at radius 3 is 1.04 bits per heavy atom. The van der Waals surface area contributed by atoms with Gasteiger partial charge in [-0.3, -0.25) is 0 Å². The molecule has 0 spiro atoms. The first kappa shape index (κ1) is 51.0. The molecule has 0 aliphatic heterocycles. The third kappa shape index (κ3) is 39.5. The highest BCUT2D eigenvalue weighted by Gasteiger charge is 2.42. The third-order valence-corrected chi connectivity index (χ3v) is 13.5. The molecule has 0 bridgehead atoms. The molecule has 0 saturated carbocycles. The molecule has 306 valence electrons. The van der Waals surface area contributed by atoms with E-state index in [9.17, 15) is 0 Å². The zero-order valence-electron chi connectivity index (χ0n) is 35.5. The Bertz CT molecular complexity index is 675. The summed E-state index contributed by atoms with van der Waals surface area (Å²) in [6.07, 6.45) is 52.6. The lowest BCUT2D eigenvalue weighted by molar-refractivity contribution is 0.0857. The fourth-order valence-electron chi connectivity index (χ4n) is 7.01. The van der Waals surface area contributed by atoms with E-state index in [-0.39, 0.29) is 0 Å². The van der Waals surface area contributed by atoms with Gasteiger partial charge in [0.1, 0.15) is 0 Å². The van der Waals surface area contributed by atoms with Gasteiger partial charge in [0.15, 0.2) is 0 Å². The Kier molecular flexibility index (Phi) is 42.8. The van der Waals surface area contributed by atoms with Crippen LogP contribution in [-0.2, 0) is 13.3 Å². The van der Waals surface area contributed by atoms with Crippen LogP contribution < -0.4 is 0 Å². The van der Waals surface area contributed by atoms with Gasteiger partial charge in [-0.25, -0.2) is 0 Å². The van der Waals surface area contributed by atoms with Gasteiger partial charge in [-0.05, 0) is 37.4 Å². The highest BCUT2D eigenvalue weighted by molar-refractivity contribution is 7.80. The van der Waals surface area contributed by atoms with Gasteiger partial charge in [-0.1, -0.05) is 233 Å². The predicted octanol–water partition coefficient (Wildman–Crippen LogP) is 16.9. The number of unbranched alkanes of at least 4 members (excludes halogenated alkanes) is 32. The summed E-state index contributed by atoms with van der Waals surface area (Å²) in [5, 5.41) is 0.321. The Balaban J connectivity index is 4.59. The Morgan fingerprint density at radius 1 is 0.431 bits per heavy atom. The van der Waals surface area contributed by atoms with Crippen molar-refractivity contribution in [3.63, 3.8) is 0 Å². The highest BCUT2D eigenvalue weighted by Crippen LogP contribution is 2.24. The van der Waals surface area contributed by atoms with Crippen LogP contribution in [0.15, 0.2) is 12.3 Å². The van der Waals surface area contributed by atoms with E-state index < -0.39 is 8.80 Å². The van der Waals surface area contributed by atoms with E-state index in [1.54, 1.807) is 0 Å². The van der Waals surface area contributed by atoms with Gasteiger partial charge >= 0.3 is 8.80 Å². The van der Waals surface area contributed by atoms with Crippen LogP contribution in [0.4, 0.5) is 0 Å². The van der Waals surface area contributed by atoms with Crippen molar-refractivity contribution in [1.82, 2.24) is 0 Å². The minimum absolute atomic E-state index is 0.321. The molecule has 0 aliphatic carbocycles. The predicted molar refractivity (Wildman–Crippen MR) is 234 cm³/mol.